The Balaban J connectivity index is 2.12. The molecular weight excluding hydrogens is 294 g/mol. The third kappa shape index (κ3) is 1.61. The van der Waals surface area contributed by atoms with Gasteiger partial charge in [-0.1, -0.05) is 17.7 Å². The zero-order chi connectivity index (χ0) is 14.6. The van der Waals surface area contributed by atoms with E-state index in [9.17, 15) is 9.90 Å². The van der Waals surface area contributed by atoms with Crippen molar-refractivity contribution in [3.63, 3.8) is 0 Å². The number of rotatable bonds is 1. The molecule has 0 spiro atoms. The Morgan fingerprint density at radius 2 is 2.19 bits per heavy atom. The normalized spacial score (nSPS) is 12.2. The van der Waals surface area contributed by atoms with Crippen LogP contribution in [0.3, 0.4) is 0 Å². The zero-order valence-electron chi connectivity index (χ0n) is 10.5. The van der Waals surface area contributed by atoms with E-state index in [1.807, 2.05) is 6.07 Å². The Morgan fingerprint density at radius 3 is 3.00 bits per heavy atom. The van der Waals surface area contributed by atoms with Crippen LogP contribution in [-0.4, -0.2) is 30.3 Å². The van der Waals surface area contributed by atoms with Gasteiger partial charge in [-0.15, -0.1) is 0 Å². The van der Waals surface area contributed by atoms with Crippen LogP contribution in [0.15, 0.2) is 30.9 Å². The summed E-state index contributed by atoms with van der Waals surface area (Å²) < 4.78 is 3.28. The van der Waals surface area contributed by atoms with E-state index in [0.29, 0.717) is 27.8 Å². The van der Waals surface area contributed by atoms with Crippen LogP contribution in [0.2, 0.25) is 5.02 Å². The van der Waals surface area contributed by atoms with Crippen molar-refractivity contribution in [1.82, 2.24) is 24.3 Å². The van der Waals surface area contributed by atoms with Crippen LogP contribution >= 0.6 is 11.6 Å². The number of nitrogens with zero attached hydrogens (tertiary/aromatic N) is 5. The molecule has 0 fully saturated rings. The van der Waals surface area contributed by atoms with E-state index < -0.39 is 5.97 Å². The lowest BCUT2D eigenvalue weighted by Gasteiger charge is -2.09. The van der Waals surface area contributed by atoms with Crippen LogP contribution < -0.4 is 5.11 Å². The van der Waals surface area contributed by atoms with Crippen LogP contribution in [0.5, 0.6) is 0 Å². The molecule has 1 aliphatic rings. The van der Waals surface area contributed by atoms with Gasteiger partial charge in [-0.05, 0) is 12.1 Å². The minimum Gasteiger partial charge on any atom is -0.543 e. The molecule has 8 heteroatoms. The molecule has 2 aromatic heterocycles. The molecule has 0 atom stereocenters. The molecule has 0 N–H and O–H groups in total. The van der Waals surface area contributed by atoms with Gasteiger partial charge in [-0.3, -0.25) is 4.57 Å². The molecule has 104 valence electrons. The topological polar surface area (TPSA) is 88.7 Å². The first kappa shape index (κ1) is 12.1. The van der Waals surface area contributed by atoms with Crippen molar-refractivity contribution in [1.29, 1.82) is 0 Å². The number of carboxylic acids is 1. The van der Waals surface area contributed by atoms with Crippen molar-refractivity contribution in [3.05, 3.63) is 47.3 Å². The predicted molar refractivity (Wildman–Crippen MR) is 71.0 cm³/mol. The van der Waals surface area contributed by atoms with Gasteiger partial charge in [0, 0.05) is 0 Å². The molecule has 0 unspecified atom stereocenters. The number of carbonyl (C=O) groups is 1. The molecule has 0 aliphatic carbocycles. The Hall–Kier alpha value is -2.67. The minimum atomic E-state index is -1.32. The molecule has 7 nitrogen and oxygen atoms in total. The molecule has 0 radical (unpaired) electrons. The highest BCUT2D eigenvalue weighted by atomic mass is 35.5. The van der Waals surface area contributed by atoms with Gasteiger partial charge in [0.25, 0.3) is 0 Å². The number of benzene rings is 1. The van der Waals surface area contributed by atoms with Gasteiger partial charge in [-0.2, -0.15) is 5.10 Å². The molecule has 21 heavy (non-hydrogen) atoms. The van der Waals surface area contributed by atoms with Crippen molar-refractivity contribution in [2.45, 2.75) is 6.54 Å². The number of carboxylic acid groups (broad SMARTS) is 1. The average Bonchev–Trinajstić information content (AvgIpc) is 3.04. The van der Waals surface area contributed by atoms with Crippen LogP contribution in [-0.2, 0) is 6.54 Å². The standard InChI is InChI=1S/C13H8ClN5O2/c14-7-2-1-3-8-10(7)12-15-5-17-19(12)4-9-11(13(20)21)16-6-18(8)9/h1-3,5-6H,4H2,(H,20,21)/p-1. The first-order valence-electron chi connectivity index (χ1n) is 6.11. The Kier molecular flexibility index (Phi) is 2.40. The summed E-state index contributed by atoms with van der Waals surface area (Å²) in [7, 11) is 0. The Morgan fingerprint density at radius 1 is 1.33 bits per heavy atom. The Labute approximate surface area is 123 Å². The minimum absolute atomic E-state index is 0.107. The molecule has 0 amide bonds. The first-order chi connectivity index (χ1) is 10.2. The SMILES string of the molecule is O=C([O-])c1ncn2c1Cn1ncnc1-c1c(Cl)cccc1-2. The summed E-state index contributed by atoms with van der Waals surface area (Å²) >= 11 is 6.29. The van der Waals surface area contributed by atoms with Gasteiger partial charge < -0.3 is 9.90 Å². The molecule has 0 bridgehead atoms. The lowest BCUT2D eigenvalue weighted by atomic mass is 10.1. The predicted octanol–water partition coefficient (Wildman–Crippen LogP) is 0.509. The molecule has 0 saturated heterocycles. The van der Waals surface area contributed by atoms with Gasteiger partial charge >= 0.3 is 0 Å². The lowest BCUT2D eigenvalue weighted by Crippen LogP contribution is -2.25. The molecule has 0 saturated carbocycles. The van der Waals surface area contributed by atoms with Crippen molar-refractivity contribution in [2.75, 3.05) is 0 Å². The van der Waals surface area contributed by atoms with Crippen LogP contribution in [0, 0.1) is 0 Å². The number of hydrogen-bond acceptors (Lipinski definition) is 5. The van der Waals surface area contributed by atoms with Gasteiger partial charge in [0.1, 0.15) is 18.3 Å². The quantitative estimate of drug-likeness (QED) is 0.511. The second kappa shape index (κ2) is 4.16. The third-order valence-electron chi connectivity index (χ3n) is 3.45. The van der Waals surface area contributed by atoms with Crippen molar-refractivity contribution in [2.24, 2.45) is 0 Å². The highest BCUT2D eigenvalue weighted by Gasteiger charge is 2.25. The van der Waals surface area contributed by atoms with E-state index in [1.165, 1.54) is 12.7 Å². The molecule has 3 aromatic rings. The molecule has 1 aliphatic heterocycles. The second-order valence-corrected chi connectivity index (χ2v) is 4.98. The maximum Gasteiger partial charge on any atom is 0.162 e. The van der Waals surface area contributed by atoms with E-state index >= 15 is 0 Å². The van der Waals surface area contributed by atoms with Crippen molar-refractivity contribution >= 4 is 17.6 Å². The fourth-order valence-electron chi connectivity index (χ4n) is 2.55. The number of aromatic carboxylic acids is 1. The summed E-state index contributed by atoms with van der Waals surface area (Å²) in [6.07, 6.45) is 2.86. The van der Waals surface area contributed by atoms with Gasteiger partial charge in [0.05, 0.1) is 34.5 Å². The lowest BCUT2D eigenvalue weighted by molar-refractivity contribution is -0.255. The summed E-state index contributed by atoms with van der Waals surface area (Å²) in [5, 5.41) is 15.9. The second-order valence-electron chi connectivity index (χ2n) is 4.57. The van der Waals surface area contributed by atoms with Crippen molar-refractivity contribution < 1.29 is 9.90 Å². The van der Waals surface area contributed by atoms with E-state index in [4.69, 9.17) is 11.6 Å². The fraction of sp³-hybridized carbons (Fsp3) is 0.0769. The highest BCUT2D eigenvalue weighted by Crippen LogP contribution is 2.35. The maximum absolute atomic E-state index is 11.2. The van der Waals surface area contributed by atoms with Gasteiger partial charge in [0.2, 0.25) is 0 Å². The van der Waals surface area contributed by atoms with E-state index in [1.54, 1.807) is 21.4 Å². The van der Waals surface area contributed by atoms with E-state index in [2.05, 4.69) is 15.1 Å². The van der Waals surface area contributed by atoms with E-state index in [-0.39, 0.29) is 12.2 Å². The monoisotopic (exact) mass is 300 g/mol. The summed E-state index contributed by atoms with van der Waals surface area (Å²) in [6.45, 7) is 0.226. The van der Waals surface area contributed by atoms with Crippen molar-refractivity contribution in [3.8, 4) is 17.1 Å². The Bertz CT molecular complexity index is 883. The first-order valence-corrected chi connectivity index (χ1v) is 6.49. The molecular formula is C13H7ClN5O2-. The number of imidazole rings is 1. The van der Waals surface area contributed by atoms with E-state index in [0.717, 1.165) is 0 Å². The summed E-state index contributed by atoms with van der Waals surface area (Å²) in [4.78, 5) is 19.4. The van der Waals surface area contributed by atoms with Gasteiger partial charge in [0.15, 0.2) is 5.82 Å². The van der Waals surface area contributed by atoms with Crippen LogP contribution in [0.4, 0.5) is 0 Å². The number of aromatic nitrogens is 5. The number of hydrogen-bond donors (Lipinski definition) is 0. The number of fused-ring (bicyclic) bond motifs is 5. The smallest absolute Gasteiger partial charge is 0.162 e. The number of halogens is 1. The number of carbonyl (C=O) groups excluding carboxylic acids is 1. The molecule has 3 heterocycles. The summed E-state index contributed by atoms with van der Waals surface area (Å²) in [5.74, 6) is -0.737. The third-order valence-corrected chi connectivity index (χ3v) is 3.76. The van der Waals surface area contributed by atoms with Crippen LogP contribution in [0.25, 0.3) is 17.1 Å². The summed E-state index contributed by atoms with van der Waals surface area (Å²) in [6, 6.07) is 5.37. The molecule has 4 rings (SSSR count). The van der Waals surface area contributed by atoms with Gasteiger partial charge in [-0.25, -0.2) is 14.6 Å². The summed E-state index contributed by atoms with van der Waals surface area (Å²) in [5.41, 5.74) is 1.77. The molecule has 1 aromatic carbocycles. The average molecular weight is 301 g/mol. The fourth-order valence-corrected chi connectivity index (χ4v) is 2.81. The maximum atomic E-state index is 11.2. The largest absolute Gasteiger partial charge is 0.543 e. The van der Waals surface area contributed by atoms with Crippen LogP contribution in [0.1, 0.15) is 16.2 Å². The highest BCUT2D eigenvalue weighted by molar-refractivity contribution is 6.33. The zero-order valence-corrected chi connectivity index (χ0v) is 11.3.